The van der Waals surface area contributed by atoms with Crippen molar-refractivity contribution in [1.82, 2.24) is 4.90 Å². The Kier molecular flexibility index (Phi) is 20.0. The van der Waals surface area contributed by atoms with Crippen LogP contribution in [0.2, 0.25) is 0 Å². The zero-order chi connectivity index (χ0) is 20.2. The second kappa shape index (κ2) is 19.6. The molecule has 0 atom stereocenters. The minimum Gasteiger partial charge on any atom is -0.486 e. The predicted molar refractivity (Wildman–Crippen MR) is 114 cm³/mol. The van der Waals surface area contributed by atoms with Gasteiger partial charge in [-0.05, 0) is 63.6 Å². The van der Waals surface area contributed by atoms with Crippen LogP contribution in [0.15, 0.2) is 18.2 Å². The van der Waals surface area contributed by atoms with Crippen LogP contribution in [-0.4, -0.2) is 44.8 Å². The summed E-state index contributed by atoms with van der Waals surface area (Å²) in [5.41, 5.74) is 5.85. The molecule has 4 heteroatoms. The molecule has 150 valence electrons. The summed E-state index contributed by atoms with van der Waals surface area (Å²) < 4.78 is 11.2. The van der Waals surface area contributed by atoms with Crippen LogP contribution in [0.25, 0.3) is 0 Å². The zero-order valence-corrected chi connectivity index (χ0v) is 17.6. The molecule has 4 nitrogen and oxygen atoms in total. The summed E-state index contributed by atoms with van der Waals surface area (Å²) in [6.45, 7) is 13.4. The van der Waals surface area contributed by atoms with E-state index in [1.165, 1.54) is 45.0 Å². The van der Waals surface area contributed by atoms with Crippen LogP contribution in [0.1, 0.15) is 52.5 Å². The number of aryl methyl sites for hydroxylation is 1. The third-order valence-electron chi connectivity index (χ3n) is 3.82. The van der Waals surface area contributed by atoms with E-state index in [0.717, 1.165) is 24.5 Å². The van der Waals surface area contributed by atoms with Crippen molar-refractivity contribution in [3.63, 3.8) is 0 Å². The van der Waals surface area contributed by atoms with E-state index in [0.29, 0.717) is 13.2 Å². The third kappa shape index (κ3) is 11.0. The van der Waals surface area contributed by atoms with Crippen LogP contribution in [0.3, 0.4) is 0 Å². The minimum absolute atomic E-state index is 0.662. The van der Waals surface area contributed by atoms with Crippen molar-refractivity contribution in [3.8, 4) is 24.3 Å². The van der Waals surface area contributed by atoms with E-state index >= 15 is 0 Å². The molecule has 0 radical (unpaired) electrons. The van der Waals surface area contributed by atoms with Gasteiger partial charge in [0, 0.05) is 0 Å². The number of benzene rings is 1. The Morgan fingerprint density at radius 3 is 2.12 bits per heavy atom. The summed E-state index contributed by atoms with van der Waals surface area (Å²) in [6, 6.07) is 6.34. The lowest BCUT2D eigenvalue weighted by molar-refractivity contribution is 0.171. The first-order valence-corrected chi connectivity index (χ1v) is 9.85. The molecule has 0 aliphatic carbocycles. The fourth-order valence-electron chi connectivity index (χ4n) is 2.56. The number of unbranched alkanes of at least 4 members (excludes halogenated alkanes) is 1. The topological polar surface area (TPSA) is 47.7 Å². The summed E-state index contributed by atoms with van der Waals surface area (Å²) in [5.74, 6) is 1.80. The Labute approximate surface area is 162 Å². The van der Waals surface area contributed by atoms with E-state index in [9.17, 15) is 0 Å². The maximum Gasteiger partial charge on any atom is 0.161 e. The molecule has 0 spiro atoms. The van der Waals surface area contributed by atoms with Gasteiger partial charge in [0.1, 0.15) is 13.2 Å². The van der Waals surface area contributed by atoms with Crippen molar-refractivity contribution >= 4 is 0 Å². The van der Waals surface area contributed by atoms with Gasteiger partial charge in [0.25, 0.3) is 0 Å². The van der Waals surface area contributed by atoms with Crippen LogP contribution < -0.4 is 15.2 Å². The van der Waals surface area contributed by atoms with Gasteiger partial charge in [0.2, 0.25) is 0 Å². The largest absolute Gasteiger partial charge is 0.486 e. The van der Waals surface area contributed by atoms with Crippen molar-refractivity contribution in [2.45, 2.75) is 53.4 Å². The number of rotatable bonds is 8. The molecule has 0 saturated carbocycles. The van der Waals surface area contributed by atoms with E-state index in [1.54, 1.807) is 0 Å². The third-order valence-corrected chi connectivity index (χ3v) is 3.82. The second-order valence-corrected chi connectivity index (χ2v) is 5.37. The molecule has 0 fully saturated rings. The van der Waals surface area contributed by atoms with Crippen molar-refractivity contribution in [3.05, 3.63) is 23.8 Å². The van der Waals surface area contributed by atoms with E-state index in [4.69, 9.17) is 9.47 Å². The van der Waals surface area contributed by atoms with Crippen LogP contribution in [0.4, 0.5) is 0 Å². The van der Waals surface area contributed by atoms with Gasteiger partial charge >= 0.3 is 0 Å². The monoisotopic (exact) mass is 364 g/mol. The Bertz CT molecular complexity index is 447. The highest BCUT2D eigenvalue weighted by Crippen LogP contribution is 2.31. The lowest BCUT2D eigenvalue weighted by Gasteiger charge is -2.21. The zero-order valence-electron chi connectivity index (χ0n) is 17.6. The maximum absolute atomic E-state index is 5.63. The van der Waals surface area contributed by atoms with E-state index < -0.39 is 0 Å². The van der Waals surface area contributed by atoms with Gasteiger partial charge in [-0.25, -0.2) is 0 Å². The smallest absolute Gasteiger partial charge is 0.161 e. The molecule has 2 N–H and O–H groups in total. The maximum atomic E-state index is 5.63. The molecule has 0 bridgehead atoms. The normalized spacial score (nSPS) is 11.1. The van der Waals surface area contributed by atoms with Crippen LogP contribution in [0, 0.1) is 12.8 Å². The number of fused-ring (bicyclic) bond motifs is 1. The second-order valence-electron chi connectivity index (χ2n) is 5.37. The average molecular weight is 365 g/mol. The van der Waals surface area contributed by atoms with Gasteiger partial charge in [0.05, 0.1) is 0 Å². The average Bonchev–Trinajstić information content (AvgIpc) is 2.75. The predicted octanol–water partition coefficient (Wildman–Crippen LogP) is 4.36. The molecule has 2 rings (SSSR count). The molecule has 1 aromatic rings. The van der Waals surface area contributed by atoms with Crippen molar-refractivity contribution < 1.29 is 9.47 Å². The Morgan fingerprint density at radius 1 is 0.962 bits per heavy atom. The molecule has 1 aliphatic rings. The van der Waals surface area contributed by atoms with Crippen LogP contribution >= 0.6 is 0 Å². The SMILES string of the molecule is C#C.CC.CCCCN(CC)CCCc1ccc2c(c1)OCCO2.CN. The Balaban J connectivity index is 0. The highest BCUT2D eigenvalue weighted by Gasteiger charge is 2.11. The number of nitrogens with zero attached hydrogens (tertiary/aromatic N) is 1. The Hall–Kier alpha value is -1.70. The molecule has 0 amide bonds. The molecular weight excluding hydrogens is 324 g/mol. The van der Waals surface area contributed by atoms with Crippen molar-refractivity contribution in [2.24, 2.45) is 5.73 Å². The van der Waals surface area contributed by atoms with Crippen molar-refractivity contribution in [1.29, 1.82) is 0 Å². The standard InChI is InChI=1S/C17H27NO2.C2H6.C2H2.CH5N/c1-3-5-10-18(4-2)11-6-7-15-8-9-16-17(14-15)20-13-12-19-16;3*1-2/h8-9,14H,3-7,10-13H2,1-2H3;1-2H3;1-2H;2H2,1H3. The van der Waals surface area contributed by atoms with E-state index in [-0.39, 0.29) is 0 Å². The first-order chi connectivity index (χ1) is 12.8. The molecule has 0 unspecified atom stereocenters. The van der Waals surface area contributed by atoms with Gasteiger partial charge in [-0.2, -0.15) is 0 Å². The Morgan fingerprint density at radius 2 is 1.54 bits per heavy atom. The number of terminal acetylenes is 1. The van der Waals surface area contributed by atoms with Crippen LogP contribution in [-0.2, 0) is 6.42 Å². The van der Waals surface area contributed by atoms with Crippen LogP contribution in [0.5, 0.6) is 11.5 Å². The number of ether oxygens (including phenoxy) is 2. The molecule has 0 saturated heterocycles. The molecule has 1 aliphatic heterocycles. The highest BCUT2D eigenvalue weighted by atomic mass is 16.6. The van der Waals surface area contributed by atoms with Gasteiger partial charge in [-0.15, -0.1) is 12.8 Å². The van der Waals surface area contributed by atoms with Gasteiger partial charge in [-0.3, -0.25) is 0 Å². The summed E-state index contributed by atoms with van der Waals surface area (Å²) in [5, 5.41) is 0. The van der Waals surface area contributed by atoms with E-state index in [1.807, 2.05) is 19.9 Å². The first-order valence-electron chi connectivity index (χ1n) is 9.85. The quantitative estimate of drug-likeness (QED) is 0.696. The molecule has 0 aromatic heterocycles. The first kappa shape index (κ1) is 26.5. The van der Waals surface area contributed by atoms with Gasteiger partial charge in [0.15, 0.2) is 11.5 Å². The molecule has 1 aromatic carbocycles. The van der Waals surface area contributed by atoms with Gasteiger partial charge < -0.3 is 20.1 Å². The molecular formula is C22H40N2O2. The fourth-order valence-corrected chi connectivity index (χ4v) is 2.56. The summed E-state index contributed by atoms with van der Waals surface area (Å²) in [4.78, 5) is 2.54. The fraction of sp³-hybridized carbons (Fsp3) is 0.636. The van der Waals surface area contributed by atoms with Crippen molar-refractivity contribution in [2.75, 3.05) is 39.9 Å². The lowest BCUT2D eigenvalue weighted by atomic mass is 10.1. The number of hydrogen-bond acceptors (Lipinski definition) is 4. The van der Waals surface area contributed by atoms with E-state index in [2.05, 4.69) is 49.5 Å². The minimum atomic E-state index is 0.662. The molecule has 1 heterocycles. The lowest BCUT2D eigenvalue weighted by Crippen LogP contribution is -2.26. The highest BCUT2D eigenvalue weighted by molar-refractivity contribution is 5.43. The molecule has 26 heavy (non-hydrogen) atoms. The summed E-state index contributed by atoms with van der Waals surface area (Å²) in [7, 11) is 1.50. The van der Waals surface area contributed by atoms with Gasteiger partial charge in [-0.1, -0.05) is 40.2 Å². The number of nitrogens with two attached hydrogens (primary N) is 1. The summed E-state index contributed by atoms with van der Waals surface area (Å²) in [6.07, 6.45) is 12.9. The summed E-state index contributed by atoms with van der Waals surface area (Å²) >= 11 is 0. The number of hydrogen-bond donors (Lipinski definition) is 1.